The van der Waals surface area contributed by atoms with Crippen LogP contribution in [0, 0.1) is 10.4 Å². The molecule has 1 aromatic carbocycles. The summed E-state index contributed by atoms with van der Waals surface area (Å²) in [5, 5.41) is 24.0. The molecule has 1 saturated heterocycles. The predicted molar refractivity (Wildman–Crippen MR) is 95.3 cm³/mol. The number of rotatable bonds is 4. The molecule has 0 spiro atoms. The third-order valence-electron chi connectivity index (χ3n) is 4.24. The number of piperazine rings is 1. The van der Waals surface area contributed by atoms with Crippen LogP contribution in [0.5, 0.6) is 5.75 Å². The van der Waals surface area contributed by atoms with E-state index in [4.69, 9.17) is 4.74 Å². The molecule has 2 N–H and O–H groups in total. The highest BCUT2D eigenvalue weighted by molar-refractivity contribution is 5.94. The van der Waals surface area contributed by atoms with Gasteiger partial charge in [0.1, 0.15) is 0 Å². The number of hydrogen-bond acceptors (Lipinski definition) is 5. The van der Waals surface area contributed by atoms with Crippen molar-refractivity contribution in [3.05, 3.63) is 40.8 Å². The first-order valence-electron chi connectivity index (χ1n) is 8.05. The molecule has 1 aliphatic rings. The van der Waals surface area contributed by atoms with Crippen molar-refractivity contribution >= 4 is 23.2 Å². The van der Waals surface area contributed by atoms with E-state index in [-0.39, 0.29) is 17.1 Å². The number of likely N-dealkylation sites (N-methyl/N-ethyl adjacent to an activating group) is 1. The molecule has 8 heteroatoms. The van der Waals surface area contributed by atoms with E-state index in [0.29, 0.717) is 34.6 Å². The molecule has 2 rings (SSSR count). The predicted octanol–water partition coefficient (Wildman–Crippen LogP) is 1.30. The van der Waals surface area contributed by atoms with Crippen molar-refractivity contribution in [1.82, 2.24) is 9.80 Å². The summed E-state index contributed by atoms with van der Waals surface area (Å²) in [5.74, 6) is 0.0594. The maximum Gasteiger partial charge on any atom is 0.415 e. The second kappa shape index (κ2) is 8.11. The van der Waals surface area contributed by atoms with Crippen LogP contribution < -0.4 is 10.2 Å². The summed E-state index contributed by atoms with van der Waals surface area (Å²) in [6, 6.07) is 4.59. The van der Waals surface area contributed by atoms with Gasteiger partial charge < -0.3 is 30.4 Å². The van der Waals surface area contributed by atoms with Crippen LogP contribution in [0.2, 0.25) is 0 Å². The Morgan fingerprint density at radius 3 is 2.48 bits per heavy atom. The summed E-state index contributed by atoms with van der Waals surface area (Å²) in [5.41, 5.74) is 1.64. The molecular weight excluding hydrogens is 324 g/mol. The second-order valence-corrected chi connectivity index (χ2v) is 6.13. The number of quaternary nitrogens is 1. The highest BCUT2D eigenvalue weighted by atomic mass is 16.6. The first kappa shape index (κ1) is 18.9. The molecule has 136 valence electrons. The molecule has 1 aliphatic heterocycles. The number of para-hydroxylation sites is 1. The van der Waals surface area contributed by atoms with Gasteiger partial charge in [0.15, 0.2) is 5.71 Å². The summed E-state index contributed by atoms with van der Waals surface area (Å²) in [6.45, 7) is 9.65. The number of carbonyl (C=O) groups excluding carboxylic acids is 1. The van der Waals surface area contributed by atoms with Gasteiger partial charge in [-0.15, -0.1) is 0 Å². The summed E-state index contributed by atoms with van der Waals surface area (Å²) >= 11 is 0. The molecule has 0 bridgehead atoms. The number of carbonyl (C=O) groups is 1. The van der Waals surface area contributed by atoms with Gasteiger partial charge in [0.05, 0.1) is 0 Å². The minimum atomic E-state index is -0.529. The average molecular weight is 348 g/mol. The number of amides is 1. The Morgan fingerprint density at radius 2 is 1.92 bits per heavy atom. The minimum Gasteiger partial charge on any atom is -0.630 e. The Bertz CT molecular complexity index is 694. The maximum absolute atomic E-state index is 12.6. The lowest BCUT2D eigenvalue weighted by Gasteiger charge is -2.31. The summed E-state index contributed by atoms with van der Waals surface area (Å²) in [6.07, 6.45) is -0.529. The Morgan fingerprint density at radius 1 is 1.28 bits per heavy atom. The fourth-order valence-electron chi connectivity index (χ4n) is 2.42. The van der Waals surface area contributed by atoms with Gasteiger partial charge in [0.2, 0.25) is 11.4 Å². The zero-order chi connectivity index (χ0) is 18.6. The van der Waals surface area contributed by atoms with E-state index in [0.717, 1.165) is 13.1 Å². The normalized spacial score (nSPS) is 16.4. The van der Waals surface area contributed by atoms with Crippen LogP contribution in [-0.2, 0) is 0 Å². The number of allylic oxidation sites excluding steroid dienone is 1. The fourth-order valence-corrected chi connectivity index (χ4v) is 2.42. The van der Waals surface area contributed by atoms with Gasteiger partial charge in [0.25, 0.3) is 0 Å². The highest BCUT2D eigenvalue weighted by Crippen LogP contribution is 2.33. The van der Waals surface area contributed by atoms with Gasteiger partial charge in [-0.05, 0) is 20.0 Å². The van der Waals surface area contributed by atoms with E-state index in [1.807, 2.05) is 7.05 Å². The topological polar surface area (TPSA) is 98.5 Å². The molecule has 25 heavy (non-hydrogen) atoms. The zero-order valence-electron chi connectivity index (χ0n) is 14.8. The SMILES string of the molecule is C=C(C)C(C)=[N+]([O-])c1c([NH2+][O-])cccc1OC(=O)N1CCN(C)CC1. The molecule has 0 atom stereocenters. The van der Waals surface area contributed by atoms with E-state index < -0.39 is 6.09 Å². The van der Waals surface area contributed by atoms with E-state index in [1.54, 1.807) is 24.8 Å². The second-order valence-electron chi connectivity index (χ2n) is 6.13. The summed E-state index contributed by atoms with van der Waals surface area (Å²) < 4.78 is 6.02. The van der Waals surface area contributed by atoms with Crippen LogP contribution in [-0.4, -0.2) is 59.6 Å². The lowest BCUT2D eigenvalue weighted by molar-refractivity contribution is -0.505. The van der Waals surface area contributed by atoms with Crippen molar-refractivity contribution in [1.29, 1.82) is 0 Å². The standard InChI is InChI=1S/C17H24N4O4/c1-12(2)13(3)21(24)16-14(18-23)6-5-7-15(16)25-17(22)20-10-8-19(4)9-11-20/h5-7H,1,8-11,18H2,2-4H3. The summed E-state index contributed by atoms with van der Waals surface area (Å²) in [7, 11) is 1.99. The van der Waals surface area contributed by atoms with Crippen molar-refractivity contribution < 1.29 is 19.8 Å². The molecule has 0 saturated carbocycles. The number of ether oxygens (including phenoxy) is 1. The molecule has 1 amide bonds. The molecule has 0 unspecified atom stereocenters. The van der Waals surface area contributed by atoms with E-state index >= 15 is 0 Å². The first-order chi connectivity index (χ1) is 11.8. The fraction of sp³-hybridized carbons (Fsp3) is 0.412. The number of benzene rings is 1. The largest absolute Gasteiger partial charge is 0.630 e. The first-order valence-corrected chi connectivity index (χ1v) is 8.05. The quantitative estimate of drug-likeness (QED) is 0.291. The van der Waals surface area contributed by atoms with Crippen LogP contribution in [0.15, 0.2) is 30.4 Å². The third kappa shape index (κ3) is 4.36. The van der Waals surface area contributed by atoms with Crippen molar-refractivity contribution in [2.75, 3.05) is 33.2 Å². The van der Waals surface area contributed by atoms with Crippen molar-refractivity contribution in [3.8, 4) is 5.75 Å². The number of nitrogens with zero attached hydrogens (tertiary/aromatic N) is 3. The molecule has 1 heterocycles. The van der Waals surface area contributed by atoms with Crippen LogP contribution >= 0.6 is 0 Å². The van der Waals surface area contributed by atoms with Gasteiger partial charge >= 0.3 is 11.8 Å². The molecule has 8 nitrogen and oxygen atoms in total. The molecule has 1 aromatic rings. The number of hydrogen-bond donors (Lipinski definition) is 1. The van der Waals surface area contributed by atoms with Crippen LogP contribution in [0.3, 0.4) is 0 Å². The van der Waals surface area contributed by atoms with Gasteiger partial charge in [-0.3, -0.25) is 0 Å². The van der Waals surface area contributed by atoms with Crippen molar-refractivity contribution in [3.63, 3.8) is 0 Å². The van der Waals surface area contributed by atoms with Gasteiger partial charge in [-0.2, -0.15) is 4.74 Å². The van der Waals surface area contributed by atoms with E-state index in [9.17, 15) is 15.2 Å². The van der Waals surface area contributed by atoms with Crippen molar-refractivity contribution in [2.24, 2.45) is 0 Å². The van der Waals surface area contributed by atoms with Gasteiger partial charge in [-0.25, -0.2) is 4.79 Å². The highest BCUT2D eigenvalue weighted by Gasteiger charge is 2.27. The molecule has 0 aromatic heterocycles. The summed E-state index contributed by atoms with van der Waals surface area (Å²) in [4.78, 5) is 16.1. The van der Waals surface area contributed by atoms with Crippen molar-refractivity contribution in [2.45, 2.75) is 13.8 Å². The number of nitrogens with two attached hydrogens (primary N) is 1. The van der Waals surface area contributed by atoms with Gasteiger partial charge in [0, 0.05) is 44.7 Å². The molecule has 0 radical (unpaired) electrons. The van der Waals surface area contributed by atoms with E-state index in [1.165, 1.54) is 12.1 Å². The Labute approximate surface area is 147 Å². The Hall–Kier alpha value is -2.42. The minimum absolute atomic E-state index is 0.0143. The zero-order valence-corrected chi connectivity index (χ0v) is 14.8. The smallest absolute Gasteiger partial charge is 0.415 e. The molecular formula is C17H24N4O4. The average Bonchev–Trinajstić information content (AvgIpc) is 2.60. The molecule has 0 aliphatic carbocycles. The maximum atomic E-state index is 12.6. The Kier molecular flexibility index (Phi) is 6.13. The third-order valence-corrected chi connectivity index (χ3v) is 4.24. The van der Waals surface area contributed by atoms with Crippen LogP contribution in [0.4, 0.5) is 16.2 Å². The lowest BCUT2D eigenvalue weighted by Crippen LogP contribution is -2.70. The monoisotopic (exact) mass is 348 g/mol. The van der Waals surface area contributed by atoms with Crippen LogP contribution in [0.25, 0.3) is 0 Å². The van der Waals surface area contributed by atoms with Crippen LogP contribution in [0.1, 0.15) is 13.8 Å². The Balaban J connectivity index is 2.33. The lowest BCUT2D eigenvalue weighted by atomic mass is 10.2. The van der Waals surface area contributed by atoms with E-state index in [2.05, 4.69) is 11.5 Å². The van der Waals surface area contributed by atoms with Gasteiger partial charge in [-0.1, -0.05) is 12.6 Å². The molecule has 1 fully saturated rings.